The molecule has 1 amide bonds. The number of fused-ring (bicyclic) bond motifs is 1. The van der Waals surface area contributed by atoms with E-state index >= 15 is 0 Å². The molecule has 0 aliphatic heterocycles. The van der Waals surface area contributed by atoms with Crippen LogP contribution in [0.5, 0.6) is 0 Å². The average Bonchev–Trinajstić information content (AvgIpc) is 2.95. The maximum Gasteiger partial charge on any atom is 0.331 e. The number of amides is 1. The molecule has 0 unspecified atom stereocenters. The third-order valence-corrected chi connectivity index (χ3v) is 4.53. The summed E-state index contributed by atoms with van der Waals surface area (Å²) in [5, 5.41) is 2.48. The van der Waals surface area contributed by atoms with Crippen molar-refractivity contribution in [3.63, 3.8) is 0 Å². The van der Waals surface area contributed by atoms with Gasteiger partial charge in [0.25, 0.3) is 5.56 Å². The van der Waals surface area contributed by atoms with E-state index in [4.69, 9.17) is 0 Å². The zero-order chi connectivity index (χ0) is 20.4. The lowest BCUT2D eigenvalue weighted by Crippen LogP contribution is -2.26. The van der Waals surface area contributed by atoms with Crippen molar-refractivity contribution in [3.05, 3.63) is 92.6 Å². The van der Waals surface area contributed by atoms with Gasteiger partial charge < -0.3 is 0 Å². The molecular weight excluding hydrogens is 370 g/mol. The molecule has 0 saturated carbocycles. The number of hydrogen-bond donors (Lipinski definition) is 2. The van der Waals surface area contributed by atoms with Crippen molar-refractivity contribution in [1.29, 1.82) is 0 Å². The highest BCUT2D eigenvalue weighted by Gasteiger charge is 2.19. The molecule has 0 radical (unpaired) electrons. The molecule has 2 aromatic heterocycles. The van der Waals surface area contributed by atoms with Crippen LogP contribution in [0.25, 0.3) is 11.2 Å². The first-order valence-corrected chi connectivity index (χ1v) is 9.11. The van der Waals surface area contributed by atoms with Crippen LogP contribution in [0.1, 0.15) is 18.1 Å². The Bertz CT molecular complexity index is 1290. The Kier molecular flexibility index (Phi) is 4.82. The number of aromatic nitrogens is 4. The van der Waals surface area contributed by atoms with Gasteiger partial charge in [-0.05, 0) is 11.1 Å². The van der Waals surface area contributed by atoms with Crippen molar-refractivity contribution in [2.45, 2.75) is 20.0 Å². The normalized spacial score (nSPS) is 10.9. The molecule has 0 bridgehead atoms. The van der Waals surface area contributed by atoms with E-state index in [1.165, 1.54) is 16.1 Å². The molecule has 8 heteroatoms. The molecule has 146 valence electrons. The van der Waals surface area contributed by atoms with Crippen LogP contribution < -0.4 is 16.6 Å². The molecule has 0 saturated heterocycles. The first kappa shape index (κ1) is 18.4. The molecule has 2 N–H and O–H groups in total. The van der Waals surface area contributed by atoms with Crippen molar-refractivity contribution in [3.8, 4) is 0 Å². The number of imidazole rings is 1. The second kappa shape index (κ2) is 7.59. The summed E-state index contributed by atoms with van der Waals surface area (Å²) in [5.41, 5.74) is 1.35. The summed E-state index contributed by atoms with van der Waals surface area (Å²) in [6.07, 6.45) is 0. The molecule has 0 fully saturated rings. The number of anilines is 1. The largest absolute Gasteiger partial charge is 0.331 e. The quantitative estimate of drug-likeness (QED) is 0.545. The van der Waals surface area contributed by atoms with Gasteiger partial charge >= 0.3 is 5.69 Å². The number of carbonyl (C=O) groups is 1. The van der Waals surface area contributed by atoms with E-state index in [0.29, 0.717) is 0 Å². The molecule has 4 aromatic rings. The van der Waals surface area contributed by atoms with Gasteiger partial charge in [-0.1, -0.05) is 60.7 Å². The SMILES string of the molecule is CC(=O)Nc1nc2c(c(=O)[nH]1)n(Cc1ccccc1)c(=O)n2Cc1ccccc1. The van der Waals surface area contributed by atoms with Crippen molar-refractivity contribution >= 4 is 23.0 Å². The number of aromatic amines is 1. The Labute approximate surface area is 165 Å². The molecule has 4 rings (SSSR count). The van der Waals surface area contributed by atoms with E-state index in [1.54, 1.807) is 0 Å². The highest BCUT2D eigenvalue weighted by atomic mass is 16.2. The van der Waals surface area contributed by atoms with Gasteiger partial charge in [0.2, 0.25) is 11.9 Å². The summed E-state index contributed by atoms with van der Waals surface area (Å²) in [5.74, 6) is -0.359. The molecule has 0 atom stereocenters. The van der Waals surface area contributed by atoms with E-state index in [2.05, 4.69) is 15.3 Å². The van der Waals surface area contributed by atoms with E-state index in [1.807, 2.05) is 60.7 Å². The Morgan fingerprint density at radius 2 is 1.48 bits per heavy atom. The van der Waals surface area contributed by atoms with Gasteiger partial charge in [0, 0.05) is 6.92 Å². The molecule has 2 heterocycles. The molecule has 29 heavy (non-hydrogen) atoms. The van der Waals surface area contributed by atoms with Gasteiger partial charge in [-0.3, -0.25) is 29.0 Å². The van der Waals surface area contributed by atoms with Gasteiger partial charge in [-0.15, -0.1) is 0 Å². The van der Waals surface area contributed by atoms with Crippen molar-refractivity contribution in [2.75, 3.05) is 5.32 Å². The summed E-state index contributed by atoms with van der Waals surface area (Å²) in [4.78, 5) is 44.3. The summed E-state index contributed by atoms with van der Waals surface area (Å²) in [6.45, 7) is 1.82. The highest BCUT2D eigenvalue weighted by Crippen LogP contribution is 2.13. The van der Waals surface area contributed by atoms with Crippen LogP contribution in [-0.2, 0) is 17.9 Å². The standard InChI is InChI=1S/C21H19N5O3/c1-14(27)22-20-23-18-17(19(28)24-20)25(12-15-8-4-2-5-9-15)21(29)26(18)13-16-10-6-3-7-11-16/h2-11H,12-13H2,1H3,(H2,22,23,24,27,28). The third-order valence-electron chi connectivity index (χ3n) is 4.53. The monoisotopic (exact) mass is 389 g/mol. The number of H-pyrrole nitrogens is 1. The van der Waals surface area contributed by atoms with E-state index in [9.17, 15) is 14.4 Å². The Morgan fingerprint density at radius 3 is 2.03 bits per heavy atom. The van der Waals surface area contributed by atoms with E-state index in [-0.39, 0.29) is 41.8 Å². The minimum atomic E-state index is -0.487. The number of nitrogens with zero attached hydrogens (tertiary/aromatic N) is 3. The lowest BCUT2D eigenvalue weighted by atomic mass is 10.2. The van der Waals surface area contributed by atoms with Gasteiger partial charge in [-0.25, -0.2) is 4.79 Å². The van der Waals surface area contributed by atoms with Crippen LogP contribution in [0.3, 0.4) is 0 Å². The number of nitrogens with one attached hydrogen (secondary N) is 2. The van der Waals surface area contributed by atoms with Crippen LogP contribution in [0.15, 0.2) is 70.3 Å². The smallest absolute Gasteiger partial charge is 0.296 e. The highest BCUT2D eigenvalue weighted by molar-refractivity contribution is 5.87. The molecule has 0 aliphatic rings. The zero-order valence-electron chi connectivity index (χ0n) is 15.8. The summed E-state index contributed by atoms with van der Waals surface area (Å²) in [7, 11) is 0. The Morgan fingerprint density at radius 1 is 0.931 bits per heavy atom. The minimum absolute atomic E-state index is 0.00803. The van der Waals surface area contributed by atoms with Crippen molar-refractivity contribution < 1.29 is 4.79 Å². The van der Waals surface area contributed by atoms with Crippen LogP contribution in [0, 0.1) is 0 Å². The predicted octanol–water partition coefficient (Wildman–Crippen LogP) is 1.94. The van der Waals surface area contributed by atoms with Crippen LogP contribution >= 0.6 is 0 Å². The Hall–Kier alpha value is -3.94. The van der Waals surface area contributed by atoms with Gasteiger partial charge in [0.1, 0.15) is 0 Å². The maximum atomic E-state index is 13.2. The molecule has 0 spiro atoms. The van der Waals surface area contributed by atoms with Gasteiger partial charge in [0.15, 0.2) is 11.2 Å². The summed E-state index contributed by atoms with van der Waals surface area (Å²) >= 11 is 0. The van der Waals surface area contributed by atoms with Crippen molar-refractivity contribution in [2.24, 2.45) is 0 Å². The molecular formula is C21H19N5O3. The van der Waals surface area contributed by atoms with Crippen LogP contribution in [0.4, 0.5) is 5.95 Å². The number of rotatable bonds is 5. The minimum Gasteiger partial charge on any atom is -0.296 e. The first-order valence-electron chi connectivity index (χ1n) is 9.11. The summed E-state index contributed by atoms with van der Waals surface area (Å²) < 4.78 is 2.87. The number of carbonyl (C=O) groups excluding carboxylic acids is 1. The average molecular weight is 389 g/mol. The van der Waals surface area contributed by atoms with Gasteiger partial charge in [-0.2, -0.15) is 4.98 Å². The fourth-order valence-electron chi connectivity index (χ4n) is 3.27. The lowest BCUT2D eigenvalue weighted by molar-refractivity contribution is -0.114. The Balaban J connectivity index is 1.92. The summed E-state index contributed by atoms with van der Waals surface area (Å²) in [6, 6.07) is 18.9. The van der Waals surface area contributed by atoms with Crippen molar-refractivity contribution in [1.82, 2.24) is 19.1 Å². The third kappa shape index (κ3) is 3.73. The predicted molar refractivity (Wildman–Crippen MR) is 110 cm³/mol. The fourth-order valence-corrected chi connectivity index (χ4v) is 3.27. The maximum absolute atomic E-state index is 13.2. The second-order valence-corrected chi connectivity index (χ2v) is 6.69. The number of benzene rings is 2. The molecule has 8 nitrogen and oxygen atoms in total. The van der Waals surface area contributed by atoms with E-state index < -0.39 is 5.56 Å². The van der Waals surface area contributed by atoms with Crippen LogP contribution in [0.2, 0.25) is 0 Å². The second-order valence-electron chi connectivity index (χ2n) is 6.69. The molecule has 2 aromatic carbocycles. The van der Waals surface area contributed by atoms with E-state index in [0.717, 1.165) is 11.1 Å². The fraction of sp³-hybridized carbons (Fsp3) is 0.143. The first-order chi connectivity index (χ1) is 14.0. The van der Waals surface area contributed by atoms with Gasteiger partial charge in [0.05, 0.1) is 13.1 Å². The molecule has 0 aliphatic carbocycles. The number of hydrogen-bond acceptors (Lipinski definition) is 4. The lowest BCUT2D eigenvalue weighted by Gasteiger charge is -2.04. The topological polar surface area (TPSA) is 102 Å². The zero-order valence-corrected chi connectivity index (χ0v) is 15.8. The van der Waals surface area contributed by atoms with Crippen LogP contribution in [-0.4, -0.2) is 25.0 Å².